The number of carbonyl (C=O) groups is 1. The highest BCUT2D eigenvalue weighted by Crippen LogP contribution is 2.57. The van der Waals surface area contributed by atoms with Crippen molar-refractivity contribution >= 4 is 5.91 Å². The molecule has 2 aromatic rings. The molecule has 0 spiro atoms. The van der Waals surface area contributed by atoms with Crippen molar-refractivity contribution in [2.75, 3.05) is 13.7 Å². The summed E-state index contributed by atoms with van der Waals surface area (Å²) in [7, 11) is 1.63. The summed E-state index contributed by atoms with van der Waals surface area (Å²) < 4.78 is 5.28. The summed E-state index contributed by atoms with van der Waals surface area (Å²) in [5, 5.41) is 3.26. The number of hydrogen-bond donors (Lipinski definition) is 1. The van der Waals surface area contributed by atoms with E-state index < -0.39 is 0 Å². The minimum Gasteiger partial charge on any atom is -0.497 e. The number of fused-ring (bicyclic) bond motifs is 3. The third kappa shape index (κ3) is 4.00. The SMILES string of the molecule is COc1cccc(C(=O)NC[C@]2(C)CCC[C@]3(C)c4ccc(C(C)C)cc4CC[C@@H]23)c1. The third-order valence-electron chi connectivity index (χ3n) is 8.15. The van der Waals surface area contributed by atoms with Gasteiger partial charge in [0.05, 0.1) is 7.11 Å². The number of nitrogens with one attached hydrogen (secondary N) is 1. The summed E-state index contributed by atoms with van der Waals surface area (Å²) >= 11 is 0. The van der Waals surface area contributed by atoms with E-state index in [0.29, 0.717) is 23.1 Å². The van der Waals surface area contributed by atoms with Gasteiger partial charge in [0.2, 0.25) is 0 Å². The molecule has 1 fully saturated rings. The van der Waals surface area contributed by atoms with Crippen LogP contribution in [0.1, 0.15) is 86.3 Å². The number of methoxy groups -OCH3 is 1. The average Bonchev–Trinajstić information content (AvgIpc) is 2.77. The van der Waals surface area contributed by atoms with Crippen LogP contribution >= 0.6 is 0 Å². The van der Waals surface area contributed by atoms with Gasteiger partial charge in [0, 0.05) is 12.1 Å². The molecule has 1 saturated carbocycles. The topological polar surface area (TPSA) is 38.3 Å². The van der Waals surface area contributed by atoms with E-state index >= 15 is 0 Å². The van der Waals surface area contributed by atoms with E-state index in [9.17, 15) is 4.79 Å². The Hall–Kier alpha value is -2.29. The zero-order valence-corrected chi connectivity index (χ0v) is 19.8. The van der Waals surface area contributed by atoms with Crippen molar-refractivity contribution in [2.45, 2.75) is 71.1 Å². The molecule has 2 aliphatic carbocycles. The maximum absolute atomic E-state index is 12.9. The van der Waals surface area contributed by atoms with Crippen LogP contribution in [0.25, 0.3) is 0 Å². The van der Waals surface area contributed by atoms with Crippen LogP contribution in [0.4, 0.5) is 0 Å². The molecular formula is C28H37NO2. The zero-order chi connectivity index (χ0) is 22.2. The molecule has 166 valence electrons. The molecule has 4 rings (SSSR count). The van der Waals surface area contributed by atoms with E-state index in [4.69, 9.17) is 4.74 Å². The maximum atomic E-state index is 12.9. The molecule has 0 aliphatic heterocycles. The highest BCUT2D eigenvalue weighted by Gasteiger charge is 2.51. The molecule has 3 heteroatoms. The molecule has 1 amide bonds. The van der Waals surface area contributed by atoms with Gasteiger partial charge in [-0.1, -0.05) is 58.4 Å². The molecule has 2 aromatic carbocycles. The Labute approximate surface area is 187 Å². The quantitative estimate of drug-likeness (QED) is 0.621. The van der Waals surface area contributed by atoms with E-state index in [-0.39, 0.29) is 16.7 Å². The van der Waals surface area contributed by atoms with Crippen molar-refractivity contribution in [1.29, 1.82) is 0 Å². The first-order valence-corrected chi connectivity index (χ1v) is 11.8. The first-order chi connectivity index (χ1) is 14.8. The van der Waals surface area contributed by atoms with Gasteiger partial charge in [-0.2, -0.15) is 0 Å². The summed E-state index contributed by atoms with van der Waals surface area (Å²) in [6, 6.07) is 14.6. The molecule has 2 aliphatic rings. The van der Waals surface area contributed by atoms with Gasteiger partial charge in [0.15, 0.2) is 0 Å². The second kappa shape index (κ2) is 8.33. The number of aryl methyl sites for hydroxylation is 1. The van der Waals surface area contributed by atoms with E-state index in [0.717, 1.165) is 13.0 Å². The largest absolute Gasteiger partial charge is 0.497 e. The van der Waals surface area contributed by atoms with Crippen LogP contribution in [0.5, 0.6) is 5.75 Å². The minimum absolute atomic E-state index is 0.00909. The van der Waals surface area contributed by atoms with Gasteiger partial charge >= 0.3 is 0 Å². The standard InChI is InChI=1S/C28H37NO2/c1-19(2)20-10-12-24-21(16-20)11-13-25-27(3,14-7-15-28(24,25)4)18-29-26(30)22-8-6-9-23(17-22)31-5/h6,8-10,12,16-17,19,25H,7,11,13-15,18H2,1-5H3,(H,29,30)/t25-,27-,28+/m0/s1. The van der Waals surface area contributed by atoms with Crippen molar-refractivity contribution in [3.8, 4) is 5.75 Å². The first kappa shape index (κ1) is 21.9. The van der Waals surface area contributed by atoms with Gasteiger partial charge in [-0.3, -0.25) is 4.79 Å². The summed E-state index contributed by atoms with van der Waals surface area (Å²) in [6.07, 6.45) is 5.98. The second-order valence-corrected chi connectivity index (χ2v) is 10.5. The lowest BCUT2D eigenvalue weighted by molar-refractivity contribution is 0.0254. The van der Waals surface area contributed by atoms with Crippen molar-refractivity contribution in [3.05, 3.63) is 64.7 Å². The Bertz CT molecular complexity index is 965. The fourth-order valence-corrected chi connectivity index (χ4v) is 6.36. The summed E-state index contributed by atoms with van der Waals surface area (Å²) in [4.78, 5) is 12.9. The zero-order valence-electron chi connectivity index (χ0n) is 19.8. The lowest BCUT2D eigenvalue weighted by Gasteiger charge is -2.55. The highest BCUT2D eigenvalue weighted by molar-refractivity contribution is 5.94. The fourth-order valence-electron chi connectivity index (χ4n) is 6.36. The highest BCUT2D eigenvalue weighted by atomic mass is 16.5. The van der Waals surface area contributed by atoms with E-state index in [1.54, 1.807) is 18.2 Å². The fraction of sp³-hybridized carbons (Fsp3) is 0.536. The lowest BCUT2D eigenvalue weighted by atomic mass is 9.49. The molecular weight excluding hydrogens is 382 g/mol. The van der Waals surface area contributed by atoms with Crippen LogP contribution in [-0.4, -0.2) is 19.6 Å². The molecule has 1 N–H and O–H groups in total. The van der Waals surface area contributed by atoms with Crippen molar-refractivity contribution < 1.29 is 9.53 Å². The maximum Gasteiger partial charge on any atom is 0.251 e. The van der Waals surface area contributed by atoms with Crippen LogP contribution < -0.4 is 10.1 Å². The summed E-state index contributed by atoms with van der Waals surface area (Å²) in [5.74, 6) is 1.86. The van der Waals surface area contributed by atoms with Gasteiger partial charge < -0.3 is 10.1 Å². The number of rotatable bonds is 5. The van der Waals surface area contributed by atoms with Crippen LogP contribution in [0.3, 0.4) is 0 Å². The Morgan fingerprint density at radius 3 is 2.71 bits per heavy atom. The predicted octanol–water partition coefficient (Wildman–Crippen LogP) is 6.26. The van der Waals surface area contributed by atoms with Crippen molar-refractivity contribution in [1.82, 2.24) is 5.32 Å². The Morgan fingerprint density at radius 1 is 1.16 bits per heavy atom. The lowest BCUT2D eigenvalue weighted by Crippen LogP contribution is -2.53. The van der Waals surface area contributed by atoms with Crippen LogP contribution in [-0.2, 0) is 11.8 Å². The van der Waals surface area contributed by atoms with Gasteiger partial charge in [-0.15, -0.1) is 0 Å². The Balaban J connectivity index is 1.55. The van der Waals surface area contributed by atoms with Crippen molar-refractivity contribution in [2.24, 2.45) is 11.3 Å². The molecule has 3 atom stereocenters. The number of ether oxygens (including phenoxy) is 1. The third-order valence-corrected chi connectivity index (χ3v) is 8.15. The minimum atomic E-state index is -0.00909. The molecule has 0 saturated heterocycles. The Morgan fingerprint density at radius 2 is 1.97 bits per heavy atom. The van der Waals surface area contributed by atoms with E-state index in [1.807, 2.05) is 24.3 Å². The monoisotopic (exact) mass is 419 g/mol. The Kier molecular flexibility index (Phi) is 5.89. The average molecular weight is 420 g/mol. The number of hydrogen-bond acceptors (Lipinski definition) is 2. The summed E-state index contributed by atoms with van der Waals surface area (Å²) in [5.41, 5.74) is 5.52. The number of benzene rings is 2. The molecule has 0 unspecified atom stereocenters. The molecule has 0 bridgehead atoms. The first-order valence-electron chi connectivity index (χ1n) is 11.8. The van der Waals surface area contributed by atoms with Crippen LogP contribution in [0, 0.1) is 11.3 Å². The predicted molar refractivity (Wildman–Crippen MR) is 127 cm³/mol. The molecule has 31 heavy (non-hydrogen) atoms. The van der Waals surface area contributed by atoms with Gasteiger partial charge in [0.25, 0.3) is 5.91 Å². The number of amides is 1. The number of carbonyl (C=O) groups excluding carboxylic acids is 1. The van der Waals surface area contributed by atoms with Gasteiger partial charge in [-0.25, -0.2) is 0 Å². The van der Waals surface area contributed by atoms with Crippen molar-refractivity contribution in [3.63, 3.8) is 0 Å². The van der Waals surface area contributed by atoms with Crippen LogP contribution in [0.2, 0.25) is 0 Å². The second-order valence-electron chi connectivity index (χ2n) is 10.5. The van der Waals surface area contributed by atoms with E-state index in [1.165, 1.54) is 31.2 Å². The molecule has 0 aromatic heterocycles. The molecule has 0 radical (unpaired) electrons. The molecule has 0 heterocycles. The van der Waals surface area contributed by atoms with Crippen LogP contribution in [0.15, 0.2) is 42.5 Å². The normalized spacial score (nSPS) is 27.4. The smallest absolute Gasteiger partial charge is 0.251 e. The van der Waals surface area contributed by atoms with E-state index in [2.05, 4.69) is 51.2 Å². The van der Waals surface area contributed by atoms with Gasteiger partial charge in [0.1, 0.15) is 5.75 Å². The molecule has 3 nitrogen and oxygen atoms in total. The van der Waals surface area contributed by atoms with Gasteiger partial charge in [-0.05, 0) is 83.2 Å². The summed E-state index contributed by atoms with van der Waals surface area (Å²) in [6.45, 7) is 10.2.